The highest BCUT2D eigenvalue weighted by Crippen LogP contribution is 2.35. The second kappa shape index (κ2) is 12.3. The fourth-order valence-electron chi connectivity index (χ4n) is 3.59. The van der Waals surface area contributed by atoms with E-state index in [0.717, 1.165) is 16.8 Å². The smallest absolute Gasteiger partial charge is 0.200 e. The molecule has 1 aromatic heterocycles. The van der Waals surface area contributed by atoms with Gasteiger partial charge in [-0.2, -0.15) is 5.26 Å². The van der Waals surface area contributed by atoms with Crippen LogP contribution >= 0.6 is 22.9 Å². The first-order chi connectivity index (χ1) is 18.4. The second-order valence-corrected chi connectivity index (χ2v) is 9.20. The minimum atomic E-state index is -0.187. The quantitative estimate of drug-likeness (QED) is 0.159. The van der Waals surface area contributed by atoms with Crippen molar-refractivity contribution < 1.29 is 23.7 Å². The number of carbonyl (C=O) groups is 1. The summed E-state index contributed by atoms with van der Waals surface area (Å²) in [6.45, 7) is -0.158. The first kappa shape index (κ1) is 26.7. The van der Waals surface area contributed by atoms with E-state index in [0.29, 0.717) is 44.2 Å². The number of nitriles is 1. The largest absolute Gasteiger partial charge is 0.493 e. The number of ether oxygens (including phenoxy) is 4. The van der Waals surface area contributed by atoms with Crippen molar-refractivity contribution in [2.45, 2.75) is 0 Å². The average molecular weight is 547 g/mol. The van der Waals surface area contributed by atoms with Crippen LogP contribution in [0.2, 0.25) is 5.02 Å². The van der Waals surface area contributed by atoms with E-state index in [9.17, 15) is 10.1 Å². The maximum Gasteiger partial charge on any atom is 0.200 e. The topological polar surface area (TPSA) is 90.7 Å². The van der Waals surface area contributed by atoms with Crippen molar-refractivity contribution in [2.75, 3.05) is 27.9 Å². The number of carbonyl (C=O) groups excluding carboxylic acids is 1. The molecule has 0 aliphatic rings. The van der Waals surface area contributed by atoms with Gasteiger partial charge < -0.3 is 18.9 Å². The minimum Gasteiger partial charge on any atom is -0.493 e. The molecule has 0 saturated heterocycles. The highest BCUT2D eigenvalue weighted by molar-refractivity contribution is 7.11. The molecule has 0 amide bonds. The minimum absolute atomic E-state index is 0.158. The van der Waals surface area contributed by atoms with Gasteiger partial charge in [-0.25, -0.2) is 4.98 Å². The normalized spacial score (nSPS) is 11.0. The van der Waals surface area contributed by atoms with Gasteiger partial charge in [-0.1, -0.05) is 17.7 Å². The van der Waals surface area contributed by atoms with E-state index < -0.39 is 0 Å². The van der Waals surface area contributed by atoms with Gasteiger partial charge in [0, 0.05) is 21.5 Å². The Morgan fingerprint density at radius 2 is 1.63 bits per heavy atom. The molecule has 9 heteroatoms. The van der Waals surface area contributed by atoms with Crippen LogP contribution in [0.15, 0.2) is 66.0 Å². The number of nitrogens with zero attached hydrogens (tertiary/aromatic N) is 2. The van der Waals surface area contributed by atoms with E-state index in [1.165, 1.54) is 18.4 Å². The first-order valence-corrected chi connectivity index (χ1v) is 12.6. The number of rotatable bonds is 10. The van der Waals surface area contributed by atoms with Crippen LogP contribution in [-0.2, 0) is 0 Å². The van der Waals surface area contributed by atoms with Crippen LogP contribution in [0.25, 0.3) is 22.9 Å². The number of aromatic nitrogens is 1. The third kappa shape index (κ3) is 6.14. The molecule has 0 radical (unpaired) electrons. The lowest BCUT2D eigenvalue weighted by Crippen LogP contribution is -2.12. The van der Waals surface area contributed by atoms with Crippen LogP contribution in [0.3, 0.4) is 0 Å². The molecule has 1 heterocycles. The molecule has 0 saturated carbocycles. The molecule has 192 valence electrons. The van der Waals surface area contributed by atoms with Crippen molar-refractivity contribution in [1.29, 1.82) is 5.26 Å². The fraction of sp³-hybridized carbons (Fsp3) is 0.138. The Hall–Kier alpha value is -4.32. The van der Waals surface area contributed by atoms with Gasteiger partial charge in [-0.15, -0.1) is 11.3 Å². The van der Waals surface area contributed by atoms with Gasteiger partial charge in [0.15, 0.2) is 35.4 Å². The number of ketones is 1. The van der Waals surface area contributed by atoms with Crippen molar-refractivity contribution in [1.82, 2.24) is 4.98 Å². The Bertz CT molecular complexity index is 1520. The molecule has 4 aromatic rings. The van der Waals surface area contributed by atoms with Crippen molar-refractivity contribution in [3.63, 3.8) is 0 Å². The van der Waals surface area contributed by atoms with Crippen molar-refractivity contribution in [3.8, 4) is 40.3 Å². The summed E-state index contributed by atoms with van der Waals surface area (Å²) < 4.78 is 21.9. The number of hydrogen-bond donors (Lipinski definition) is 0. The summed E-state index contributed by atoms with van der Waals surface area (Å²) in [5.41, 5.74) is 3.19. The third-order valence-electron chi connectivity index (χ3n) is 5.56. The number of Topliss-reactive ketones (excluding diaryl/α,β-unsaturated/α-hetero) is 1. The molecule has 4 rings (SSSR count). The summed E-state index contributed by atoms with van der Waals surface area (Å²) in [4.78, 5) is 17.1. The SMILES string of the molecule is COc1ccc(-c2csc(/C(C#N)=C\c3ccc(OCC(=O)c4ccc(Cl)cc4)c(OC)c3)n2)cc1OC. The van der Waals surface area contributed by atoms with E-state index in [2.05, 4.69) is 11.1 Å². The summed E-state index contributed by atoms with van der Waals surface area (Å²) in [7, 11) is 4.67. The standard InChI is InChI=1S/C29H23ClN2O5S/c1-34-25-11-7-20(14-28(25)36-3)23-17-38-29(32-23)21(15-31)12-18-4-10-26(27(13-18)35-2)37-16-24(33)19-5-8-22(30)9-6-19/h4-14,17H,16H2,1-3H3/b21-12-. The third-order valence-corrected chi connectivity index (χ3v) is 6.69. The second-order valence-electron chi connectivity index (χ2n) is 7.91. The van der Waals surface area contributed by atoms with Gasteiger partial charge in [-0.05, 0) is 66.2 Å². The Labute approximate surface area is 229 Å². The monoisotopic (exact) mass is 546 g/mol. The van der Waals surface area contributed by atoms with Crippen molar-refractivity contribution in [3.05, 3.63) is 87.2 Å². The zero-order valence-electron chi connectivity index (χ0n) is 20.9. The van der Waals surface area contributed by atoms with Gasteiger partial charge in [-0.3, -0.25) is 4.79 Å². The summed E-state index contributed by atoms with van der Waals surface area (Å²) in [5, 5.41) is 12.8. The molecule has 0 aliphatic carbocycles. The van der Waals surface area contributed by atoms with E-state index in [4.69, 9.17) is 30.5 Å². The van der Waals surface area contributed by atoms with Gasteiger partial charge in [0.05, 0.1) is 32.6 Å². The zero-order valence-corrected chi connectivity index (χ0v) is 22.4. The van der Waals surface area contributed by atoms with E-state index >= 15 is 0 Å². The molecule has 0 unspecified atom stereocenters. The van der Waals surface area contributed by atoms with E-state index in [1.54, 1.807) is 62.8 Å². The molecular weight excluding hydrogens is 524 g/mol. The summed E-state index contributed by atoms with van der Waals surface area (Å²) in [6, 6.07) is 19.6. The predicted octanol–water partition coefficient (Wildman–Crippen LogP) is 6.82. The number of allylic oxidation sites excluding steroid dienone is 1. The number of halogens is 1. The van der Waals surface area contributed by atoms with Crippen LogP contribution in [0.5, 0.6) is 23.0 Å². The molecule has 38 heavy (non-hydrogen) atoms. The summed E-state index contributed by atoms with van der Waals surface area (Å²) >= 11 is 7.25. The fourth-order valence-corrected chi connectivity index (χ4v) is 4.51. The van der Waals surface area contributed by atoms with Gasteiger partial charge in [0.2, 0.25) is 0 Å². The Kier molecular flexibility index (Phi) is 8.64. The molecule has 0 bridgehead atoms. The molecule has 3 aromatic carbocycles. The number of benzene rings is 3. The van der Waals surface area contributed by atoms with E-state index in [-0.39, 0.29) is 12.4 Å². The lowest BCUT2D eigenvalue weighted by molar-refractivity contribution is 0.0919. The van der Waals surface area contributed by atoms with E-state index in [1.807, 2.05) is 23.6 Å². The highest BCUT2D eigenvalue weighted by Gasteiger charge is 2.14. The predicted molar refractivity (Wildman–Crippen MR) is 148 cm³/mol. The molecular formula is C29H23ClN2O5S. The number of hydrogen-bond acceptors (Lipinski definition) is 8. The Balaban J connectivity index is 1.52. The number of methoxy groups -OCH3 is 3. The highest BCUT2D eigenvalue weighted by atomic mass is 35.5. The summed E-state index contributed by atoms with van der Waals surface area (Å²) in [5.74, 6) is 1.88. The lowest BCUT2D eigenvalue weighted by Gasteiger charge is -2.11. The maximum absolute atomic E-state index is 12.4. The first-order valence-electron chi connectivity index (χ1n) is 11.4. The molecule has 0 aliphatic heterocycles. The molecule has 0 atom stereocenters. The van der Waals surface area contributed by atoms with Crippen molar-refractivity contribution >= 4 is 40.4 Å². The molecule has 0 fully saturated rings. The van der Waals surface area contributed by atoms with Crippen LogP contribution in [0.1, 0.15) is 20.9 Å². The van der Waals surface area contributed by atoms with Gasteiger partial charge in [0.25, 0.3) is 0 Å². The number of thiazole rings is 1. The van der Waals surface area contributed by atoms with Crippen LogP contribution in [0.4, 0.5) is 0 Å². The Morgan fingerprint density at radius 1 is 0.947 bits per heavy atom. The van der Waals surface area contributed by atoms with Gasteiger partial charge >= 0.3 is 0 Å². The van der Waals surface area contributed by atoms with Gasteiger partial charge in [0.1, 0.15) is 11.1 Å². The molecule has 0 spiro atoms. The molecule has 0 N–H and O–H groups in total. The Morgan fingerprint density at radius 3 is 2.32 bits per heavy atom. The van der Waals surface area contributed by atoms with Crippen LogP contribution in [0, 0.1) is 11.3 Å². The molecule has 7 nitrogen and oxygen atoms in total. The zero-order chi connectivity index (χ0) is 27.1. The van der Waals surface area contributed by atoms with Crippen LogP contribution in [-0.4, -0.2) is 38.7 Å². The summed E-state index contributed by atoms with van der Waals surface area (Å²) in [6.07, 6.45) is 1.72. The average Bonchev–Trinajstić information content (AvgIpc) is 3.45. The maximum atomic E-state index is 12.4. The van der Waals surface area contributed by atoms with Crippen LogP contribution < -0.4 is 18.9 Å². The lowest BCUT2D eigenvalue weighted by atomic mass is 10.1. The van der Waals surface area contributed by atoms with Crippen molar-refractivity contribution in [2.24, 2.45) is 0 Å².